The molecule has 0 aromatic heterocycles. The maximum absolute atomic E-state index is 13.3. The van der Waals surface area contributed by atoms with Crippen molar-refractivity contribution >= 4 is 21.9 Å². The van der Waals surface area contributed by atoms with Crippen LogP contribution >= 0.6 is 15.9 Å². The minimum Gasteiger partial charge on any atom is -0.354 e. The topological polar surface area (TPSA) is 39.7 Å². The SMILES string of the molecule is CCCN1CCC(NC(=NC)NCc2cc(F)ccc2Br)CC1. The van der Waals surface area contributed by atoms with Crippen molar-refractivity contribution in [2.45, 2.75) is 38.8 Å². The maximum Gasteiger partial charge on any atom is 0.191 e. The van der Waals surface area contributed by atoms with Gasteiger partial charge in [-0.05, 0) is 49.6 Å². The molecule has 6 heteroatoms. The molecule has 1 aromatic rings. The summed E-state index contributed by atoms with van der Waals surface area (Å²) in [5.41, 5.74) is 0.880. The van der Waals surface area contributed by atoms with Crippen molar-refractivity contribution in [2.75, 3.05) is 26.7 Å². The Labute approximate surface area is 146 Å². The first-order valence-corrected chi connectivity index (χ1v) is 9.05. The van der Waals surface area contributed by atoms with Gasteiger partial charge in [0.05, 0.1) is 0 Å². The molecule has 23 heavy (non-hydrogen) atoms. The summed E-state index contributed by atoms with van der Waals surface area (Å²) >= 11 is 3.45. The zero-order valence-electron chi connectivity index (χ0n) is 13.9. The fourth-order valence-corrected chi connectivity index (χ4v) is 3.25. The average Bonchev–Trinajstić information content (AvgIpc) is 2.56. The molecule has 2 rings (SSSR count). The first-order valence-electron chi connectivity index (χ1n) is 8.25. The number of rotatable bonds is 5. The molecule has 1 saturated heterocycles. The normalized spacial score (nSPS) is 17.3. The van der Waals surface area contributed by atoms with Gasteiger partial charge in [0.25, 0.3) is 0 Å². The molecular formula is C17H26BrFN4. The number of likely N-dealkylation sites (tertiary alicyclic amines) is 1. The molecule has 0 bridgehead atoms. The van der Waals surface area contributed by atoms with Crippen LogP contribution in [0.4, 0.5) is 4.39 Å². The summed E-state index contributed by atoms with van der Waals surface area (Å²) in [4.78, 5) is 6.79. The van der Waals surface area contributed by atoms with Gasteiger partial charge in [-0.1, -0.05) is 22.9 Å². The van der Waals surface area contributed by atoms with E-state index in [0.29, 0.717) is 12.6 Å². The molecule has 4 nitrogen and oxygen atoms in total. The third-order valence-corrected chi connectivity index (χ3v) is 4.92. The second-order valence-corrected chi connectivity index (χ2v) is 6.78. The van der Waals surface area contributed by atoms with Gasteiger partial charge < -0.3 is 15.5 Å². The van der Waals surface area contributed by atoms with Gasteiger partial charge in [0, 0.05) is 37.2 Å². The van der Waals surface area contributed by atoms with Crippen LogP contribution in [-0.4, -0.2) is 43.6 Å². The smallest absolute Gasteiger partial charge is 0.191 e. The van der Waals surface area contributed by atoms with Crippen molar-refractivity contribution in [3.8, 4) is 0 Å². The fourth-order valence-electron chi connectivity index (χ4n) is 2.86. The van der Waals surface area contributed by atoms with Crippen LogP contribution in [-0.2, 0) is 6.54 Å². The van der Waals surface area contributed by atoms with Crippen LogP contribution in [0.3, 0.4) is 0 Å². The number of guanidine groups is 1. The molecule has 1 heterocycles. The highest BCUT2D eigenvalue weighted by Crippen LogP contribution is 2.17. The van der Waals surface area contributed by atoms with Gasteiger partial charge in [0.15, 0.2) is 5.96 Å². The van der Waals surface area contributed by atoms with Crippen LogP contribution in [0.1, 0.15) is 31.7 Å². The minimum atomic E-state index is -0.226. The molecule has 1 aliphatic heterocycles. The zero-order chi connectivity index (χ0) is 16.7. The van der Waals surface area contributed by atoms with E-state index in [1.807, 2.05) is 0 Å². The lowest BCUT2D eigenvalue weighted by Gasteiger charge is -2.32. The van der Waals surface area contributed by atoms with E-state index in [-0.39, 0.29) is 5.82 Å². The molecule has 0 spiro atoms. The monoisotopic (exact) mass is 384 g/mol. The molecule has 0 radical (unpaired) electrons. The molecule has 0 unspecified atom stereocenters. The van der Waals surface area contributed by atoms with Crippen LogP contribution in [0.2, 0.25) is 0 Å². The molecule has 0 aliphatic carbocycles. The van der Waals surface area contributed by atoms with E-state index in [4.69, 9.17) is 0 Å². The lowest BCUT2D eigenvalue weighted by Crippen LogP contribution is -2.48. The molecule has 1 aromatic carbocycles. The Balaban J connectivity index is 1.81. The van der Waals surface area contributed by atoms with Gasteiger partial charge in [-0.15, -0.1) is 0 Å². The molecule has 0 saturated carbocycles. The minimum absolute atomic E-state index is 0.226. The summed E-state index contributed by atoms with van der Waals surface area (Å²) in [6.45, 7) is 6.22. The molecule has 1 fully saturated rings. The van der Waals surface area contributed by atoms with Crippen LogP contribution in [0, 0.1) is 5.82 Å². The average molecular weight is 385 g/mol. The predicted molar refractivity (Wildman–Crippen MR) is 97.2 cm³/mol. The third-order valence-electron chi connectivity index (χ3n) is 4.15. The van der Waals surface area contributed by atoms with Gasteiger partial charge >= 0.3 is 0 Å². The second-order valence-electron chi connectivity index (χ2n) is 5.92. The Morgan fingerprint density at radius 1 is 1.39 bits per heavy atom. The van der Waals surface area contributed by atoms with E-state index in [9.17, 15) is 4.39 Å². The summed E-state index contributed by atoms with van der Waals surface area (Å²) in [5, 5.41) is 6.74. The Hall–Kier alpha value is -1.14. The summed E-state index contributed by atoms with van der Waals surface area (Å²) < 4.78 is 14.2. The highest BCUT2D eigenvalue weighted by atomic mass is 79.9. The van der Waals surface area contributed by atoms with Crippen LogP contribution in [0.5, 0.6) is 0 Å². The molecule has 128 valence electrons. The standard InChI is InChI=1S/C17H26BrFN4/c1-3-8-23-9-6-15(7-10-23)22-17(20-2)21-12-13-11-14(19)4-5-16(13)18/h4-5,11,15H,3,6-10,12H2,1-2H3,(H2,20,21,22). The van der Waals surface area contributed by atoms with Gasteiger partial charge in [0.2, 0.25) is 0 Å². The Kier molecular flexibility index (Phi) is 7.30. The lowest BCUT2D eigenvalue weighted by atomic mass is 10.1. The summed E-state index contributed by atoms with van der Waals surface area (Å²) in [5.74, 6) is 0.548. The molecule has 2 N–H and O–H groups in total. The van der Waals surface area contributed by atoms with Crippen molar-refractivity contribution in [3.05, 3.63) is 34.1 Å². The van der Waals surface area contributed by atoms with Crippen molar-refractivity contribution in [3.63, 3.8) is 0 Å². The number of hydrogen-bond acceptors (Lipinski definition) is 2. The largest absolute Gasteiger partial charge is 0.354 e. The third kappa shape index (κ3) is 5.77. The number of benzene rings is 1. The van der Waals surface area contributed by atoms with Crippen molar-refractivity contribution in [2.24, 2.45) is 4.99 Å². The number of nitrogens with one attached hydrogen (secondary N) is 2. The maximum atomic E-state index is 13.3. The highest BCUT2D eigenvalue weighted by Gasteiger charge is 2.19. The Morgan fingerprint density at radius 3 is 2.78 bits per heavy atom. The first-order chi connectivity index (χ1) is 11.1. The lowest BCUT2D eigenvalue weighted by molar-refractivity contribution is 0.206. The van der Waals surface area contributed by atoms with Crippen molar-refractivity contribution < 1.29 is 4.39 Å². The molecule has 0 atom stereocenters. The van der Waals surface area contributed by atoms with Gasteiger partial charge in [-0.25, -0.2) is 4.39 Å². The number of nitrogens with zero attached hydrogens (tertiary/aromatic N) is 2. The van der Waals surface area contributed by atoms with Crippen molar-refractivity contribution in [1.82, 2.24) is 15.5 Å². The molecule has 0 amide bonds. The van der Waals surface area contributed by atoms with Crippen LogP contribution in [0.25, 0.3) is 0 Å². The van der Waals surface area contributed by atoms with E-state index < -0.39 is 0 Å². The summed E-state index contributed by atoms with van der Waals surface area (Å²) in [6.07, 6.45) is 3.47. The molecular weight excluding hydrogens is 359 g/mol. The van der Waals surface area contributed by atoms with Gasteiger partial charge in [-0.3, -0.25) is 4.99 Å². The van der Waals surface area contributed by atoms with E-state index in [0.717, 1.165) is 41.9 Å². The van der Waals surface area contributed by atoms with E-state index in [1.165, 1.54) is 25.1 Å². The Bertz CT molecular complexity index is 527. The number of piperidine rings is 1. The summed E-state index contributed by atoms with van der Waals surface area (Å²) in [7, 11) is 1.77. The van der Waals surface area contributed by atoms with Crippen LogP contribution in [0.15, 0.2) is 27.7 Å². The highest BCUT2D eigenvalue weighted by molar-refractivity contribution is 9.10. The fraction of sp³-hybridized carbons (Fsp3) is 0.588. The van der Waals surface area contributed by atoms with Crippen molar-refractivity contribution in [1.29, 1.82) is 0 Å². The predicted octanol–water partition coefficient (Wildman–Crippen LogP) is 3.13. The van der Waals surface area contributed by atoms with E-state index in [1.54, 1.807) is 13.1 Å². The van der Waals surface area contributed by atoms with E-state index in [2.05, 4.69) is 43.4 Å². The number of hydrogen-bond donors (Lipinski definition) is 2. The Morgan fingerprint density at radius 2 is 2.13 bits per heavy atom. The van der Waals surface area contributed by atoms with Gasteiger partial charge in [-0.2, -0.15) is 0 Å². The first kappa shape index (κ1) is 18.2. The number of halogens is 2. The van der Waals surface area contributed by atoms with E-state index >= 15 is 0 Å². The molecule has 1 aliphatic rings. The summed E-state index contributed by atoms with van der Waals surface area (Å²) in [6, 6.07) is 5.16. The van der Waals surface area contributed by atoms with Gasteiger partial charge in [0.1, 0.15) is 5.82 Å². The van der Waals surface area contributed by atoms with Crippen LogP contribution < -0.4 is 10.6 Å². The quantitative estimate of drug-likeness (QED) is 0.605. The zero-order valence-corrected chi connectivity index (χ0v) is 15.5. The number of aliphatic imine (C=N–C) groups is 1. The second kappa shape index (κ2) is 9.23.